The van der Waals surface area contributed by atoms with Crippen LogP contribution in [0, 0.1) is 5.92 Å². The zero-order valence-corrected chi connectivity index (χ0v) is 10.6. The van der Waals surface area contributed by atoms with Gasteiger partial charge in [-0.2, -0.15) is 0 Å². The highest BCUT2D eigenvalue weighted by molar-refractivity contribution is 6.01. The molecule has 92 valence electrons. The van der Waals surface area contributed by atoms with E-state index in [0.717, 1.165) is 30.7 Å². The number of rotatable bonds is 3. The molecule has 0 atom stereocenters. The van der Waals surface area contributed by atoms with Crippen LogP contribution >= 0.6 is 0 Å². The summed E-state index contributed by atoms with van der Waals surface area (Å²) in [5.41, 5.74) is 1.69. The molecule has 1 aliphatic carbocycles. The van der Waals surface area contributed by atoms with Crippen molar-refractivity contribution in [3.05, 3.63) is 36.2 Å². The third-order valence-corrected chi connectivity index (χ3v) is 3.77. The van der Waals surface area contributed by atoms with E-state index in [0.29, 0.717) is 5.78 Å². The van der Waals surface area contributed by atoms with Crippen molar-refractivity contribution >= 4 is 5.78 Å². The van der Waals surface area contributed by atoms with Crippen LogP contribution in [0.3, 0.4) is 0 Å². The Morgan fingerprint density at radius 2 is 2.12 bits per heavy atom. The third kappa shape index (κ3) is 2.51. The van der Waals surface area contributed by atoms with Gasteiger partial charge in [0.05, 0.1) is 0 Å². The summed E-state index contributed by atoms with van der Waals surface area (Å²) in [6.45, 7) is 6.99. The van der Waals surface area contributed by atoms with Crippen molar-refractivity contribution in [1.82, 2.24) is 4.90 Å². The van der Waals surface area contributed by atoms with Crippen LogP contribution in [0.15, 0.2) is 36.2 Å². The minimum atomic E-state index is 0.233. The number of hydrogen-bond acceptors (Lipinski definition) is 2. The Kier molecular flexibility index (Phi) is 3.82. The van der Waals surface area contributed by atoms with Gasteiger partial charge in [0, 0.05) is 29.9 Å². The number of likely N-dealkylation sites (N-methyl/N-ethyl adjacent to an activating group) is 1. The fraction of sp³-hybridized carbons (Fsp3) is 0.533. The Hall–Kier alpha value is -1.31. The van der Waals surface area contributed by atoms with E-state index >= 15 is 0 Å². The van der Waals surface area contributed by atoms with Gasteiger partial charge in [-0.15, -0.1) is 0 Å². The first kappa shape index (κ1) is 12.2. The molecule has 0 saturated heterocycles. The molecule has 0 unspecified atom stereocenters. The van der Waals surface area contributed by atoms with Crippen molar-refractivity contribution in [2.75, 3.05) is 6.54 Å². The second-order valence-electron chi connectivity index (χ2n) is 4.85. The predicted molar refractivity (Wildman–Crippen MR) is 70.3 cm³/mol. The summed E-state index contributed by atoms with van der Waals surface area (Å²) in [5, 5.41) is 0. The first-order chi connectivity index (χ1) is 8.24. The maximum atomic E-state index is 12.4. The minimum Gasteiger partial charge on any atom is -0.348 e. The van der Waals surface area contributed by atoms with Gasteiger partial charge in [-0.3, -0.25) is 4.79 Å². The maximum absolute atomic E-state index is 12.4. The van der Waals surface area contributed by atoms with Gasteiger partial charge in [-0.25, -0.2) is 0 Å². The first-order valence-electron chi connectivity index (χ1n) is 6.62. The van der Waals surface area contributed by atoms with E-state index in [9.17, 15) is 4.79 Å². The largest absolute Gasteiger partial charge is 0.348 e. The van der Waals surface area contributed by atoms with Crippen LogP contribution in [0.1, 0.15) is 39.0 Å². The lowest BCUT2D eigenvalue weighted by atomic mass is 9.82. The van der Waals surface area contributed by atoms with Crippen LogP contribution < -0.4 is 0 Å². The fourth-order valence-electron chi connectivity index (χ4n) is 2.69. The van der Waals surface area contributed by atoms with Crippen LogP contribution in [0.5, 0.6) is 0 Å². The Balaban J connectivity index is 2.11. The molecule has 0 aromatic carbocycles. The predicted octanol–water partition coefficient (Wildman–Crippen LogP) is 3.43. The maximum Gasteiger partial charge on any atom is 0.168 e. The Morgan fingerprint density at radius 3 is 2.76 bits per heavy atom. The summed E-state index contributed by atoms with van der Waals surface area (Å²) in [5.74, 6) is 0.537. The van der Waals surface area contributed by atoms with E-state index in [1.807, 2.05) is 23.3 Å². The average Bonchev–Trinajstić information content (AvgIpc) is 2.39. The Morgan fingerprint density at radius 1 is 1.41 bits per heavy atom. The minimum absolute atomic E-state index is 0.233. The molecule has 0 spiro atoms. The monoisotopic (exact) mass is 231 g/mol. The molecule has 2 rings (SSSR count). The van der Waals surface area contributed by atoms with Gasteiger partial charge in [0.1, 0.15) is 0 Å². The van der Waals surface area contributed by atoms with Crippen LogP contribution in [-0.4, -0.2) is 17.2 Å². The van der Waals surface area contributed by atoms with E-state index < -0.39 is 0 Å². The number of Topliss-reactive ketones (excluding diaryl/α,β-unsaturated/α-hetero) is 1. The summed E-state index contributed by atoms with van der Waals surface area (Å²) < 4.78 is 0. The molecule has 0 radical (unpaired) electrons. The molecular weight excluding hydrogens is 210 g/mol. The molecule has 1 heterocycles. The van der Waals surface area contributed by atoms with Crippen molar-refractivity contribution in [3.63, 3.8) is 0 Å². The normalized spacial score (nSPS) is 21.6. The molecular formula is C15H21NO. The standard InChI is InChI=1S/C15H21NO/c1-3-16-11-7-10-14(12(16)2)15(17)13-8-5-4-6-9-13/h7,10-11,13H,2-6,8-9H2,1H3. The molecule has 17 heavy (non-hydrogen) atoms. The van der Waals surface area contributed by atoms with Gasteiger partial charge >= 0.3 is 0 Å². The van der Waals surface area contributed by atoms with Crippen LogP contribution in [-0.2, 0) is 4.79 Å². The number of carbonyl (C=O) groups excluding carboxylic acids is 1. The van der Waals surface area contributed by atoms with E-state index in [1.54, 1.807) is 0 Å². The van der Waals surface area contributed by atoms with Crippen molar-refractivity contribution in [2.24, 2.45) is 5.92 Å². The zero-order chi connectivity index (χ0) is 12.3. The van der Waals surface area contributed by atoms with Crippen LogP contribution in [0.25, 0.3) is 0 Å². The van der Waals surface area contributed by atoms with Crippen molar-refractivity contribution < 1.29 is 4.79 Å². The lowest BCUT2D eigenvalue weighted by molar-refractivity contribution is -0.120. The van der Waals surface area contributed by atoms with Gasteiger partial charge < -0.3 is 4.90 Å². The Labute approximate surface area is 104 Å². The summed E-state index contributed by atoms with van der Waals surface area (Å²) in [6.07, 6.45) is 11.6. The molecule has 0 N–H and O–H groups in total. The second-order valence-corrected chi connectivity index (χ2v) is 4.85. The summed E-state index contributed by atoms with van der Waals surface area (Å²) >= 11 is 0. The number of ketones is 1. The van der Waals surface area contributed by atoms with E-state index in [-0.39, 0.29) is 5.92 Å². The lowest BCUT2D eigenvalue weighted by Gasteiger charge is -2.28. The first-order valence-corrected chi connectivity index (χ1v) is 6.62. The summed E-state index contributed by atoms with van der Waals surface area (Å²) in [4.78, 5) is 14.5. The van der Waals surface area contributed by atoms with Crippen molar-refractivity contribution in [2.45, 2.75) is 39.0 Å². The van der Waals surface area contributed by atoms with Crippen molar-refractivity contribution in [1.29, 1.82) is 0 Å². The molecule has 1 aliphatic heterocycles. The number of nitrogens with zero attached hydrogens (tertiary/aromatic N) is 1. The summed E-state index contributed by atoms with van der Waals surface area (Å²) in [6, 6.07) is 0. The van der Waals surface area contributed by atoms with E-state index in [2.05, 4.69) is 13.5 Å². The lowest BCUT2D eigenvalue weighted by Crippen LogP contribution is -2.27. The van der Waals surface area contributed by atoms with Gasteiger partial charge in [-0.05, 0) is 31.9 Å². The molecule has 1 saturated carbocycles. The van der Waals surface area contributed by atoms with Gasteiger partial charge in [-0.1, -0.05) is 25.8 Å². The molecule has 1 fully saturated rings. The molecule has 0 aromatic rings. The molecule has 0 bridgehead atoms. The third-order valence-electron chi connectivity index (χ3n) is 3.77. The SMILES string of the molecule is C=C1C(C(=O)C2CCCCC2)=CC=CN1CC. The highest BCUT2D eigenvalue weighted by atomic mass is 16.1. The van der Waals surface area contributed by atoms with E-state index in [4.69, 9.17) is 0 Å². The number of hydrogen-bond donors (Lipinski definition) is 0. The topological polar surface area (TPSA) is 20.3 Å². The molecule has 2 heteroatoms. The highest BCUT2D eigenvalue weighted by Crippen LogP contribution is 2.30. The second kappa shape index (κ2) is 5.35. The fourth-order valence-corrected chi connectivity index (χ4v) is 2.69. The number of carbonyl (C=O) groups is 1. The van der Waals surface area contributed by atoms with Crippen LogP contribution in [0.2, 0.25) is 0 Å². The summed E-state index contributed by atoms with van der Waals surface area (Å²) in [7, 11) is 0. The zero-order valence-electron chi connectivity index (χ0n) is 10.6. The number of allylic oxidation sites excluding steroid dienone is 3. The van der Waals surface area contributed by atoms with E-state index in [1.165, 1.54) is 19.3 Å². The molecule has 0 aromatic heterocycles. The van der Waals surface area contributed by atoms with Crippen molar-refractivity contribution in [3.8, 4) is 0 Å². The van der Waals surface area contributed by atoms with Gasteiger partial charge in [0.2, 0.25) is 0 Å². The highest BCUT2D eigenvalue weighted by Gasteiger charge is 2.27. The van der Waals surface area contributed by atoms with Gasteiger partial charge in [0.25, 0.3) is 0 Å². The molecule has 0 amide bonds. The van der Waals surface area contributed by atoms with Gasteiger partial charge in [0.15, 0.2) is 5.78 Å². The van der Waals surface area contributed by atoms with Crippen LogP contribution in [0.4, 0.5) is 0 Å². The Bertz CT molecular complexity index is 372. The average molecular weight is 231 g/mol. The quantitative estimate of drug-likeness (QED) is 0.741. The smallest absolute Gasteiger partial charge is 0.168 e. The molecule has 2 nitrogen and oxygen atoms in total. The molecule has 2 aliphatic rings.